The molecule has 3 atom stereocenters. The number of phosphoric acid groups is 1. The Bertz CT molecular complexity index is 1810. The summed E-state index contributed by atoms with van der Waals surface area (Å²) in [6, 6.07) is -0.925. The fourth-order valence-electron chi connectivity index (χ4n) is 9.64. The van der Waals surface area contributed by atoms with Crippen LogP contribution in [0.3, 0.4) is 0 Å². The van der Waals surface area contributed by atoms with Crippen LogP contribution in [0.5, 0.6) is 0 Å². The Labute approximate surface area is 519 Å². The van der Waals surface area contributed by atoms with E-state index in [1.165, 1.54) is 167 Å². The molecule has 0 spiro atoms. The van der Waals surface area contributed by atoms with Gasteiger partial charge < -0.3 is 28.5 Å². The summed E-state index contributed by atoms with van der Waals surface area (Å²) >= 11 is 0. The van der Waals surface area contributed by atoms with Crippen molar-refractivity contribution in [3.8, 4) is 0 Å². The third kappa shape index (κ3) is 63.2. The van der Waals surface area contributed by atoms with Crippen molar-refractivity contribution in [1.29, 1.82) is 0 Å². The van der Waals surface area contributed by atoms with E-state index in [9.17, 15) is 19.0 Å². The number of likely N-dealkylation sites (N-methyl/N-ethyl adjacent to an activating group) is 1. The lowest BCUT2D eigenvalue weighted by Gasteiger charge is -2.30. The van der Waals surface area contributed by atoms with Gasteiger partial charge in [-0.05, 0) is 102 Å². The Balaban J connectivity index is 5.13. The average molecular weight is 1190 g/mol. The van der Waals surface area contributed by atoms with Gasteiger partial charge in [0, 0.05) is 12.8 Å². The number of allylic oxidation sites excluding steroid dienone is 17. The zero-order valence-corrected chi connectivity index (χ0v) is 56.2. The van der Waals surface area contributed by atoms with Crippen LogP contribution >= 0.6 is 7.82 Å². The molecule has 0 bridgehead atoms. The molecule has 0 aliphatic rings. The number of esters is 1. The maximum absolute atomic E-state index is 13.6. The van der Waals surface area contributed by atoms with E-state index < -0.39 is 32.5 Å². The largest absolute Gasteiger partial charge is 0.756 e. The van der Waals surface area contributed by atoms with Crippen molar-refractivity contribution in [3.05, 3.63) is 109 Å². The van der Waals surface area contributed by atoms with E-state index in [4.69, 9.17) is 13.8 Å². The van der Waals surface area contributed by atoms with Gasteiger partial charge in [0.1, 0.15) is 19.3 Å². The first-order valence-corrected chi connectivity index (χ1v) is 36.2. The predicted octanol–water partition coefficient (Wildman–Crippen LogP) is 21.4. The maximum Gasteiger partial charge on any atom is 0.306 e. The molecular formula is C74H131N2O7P. The third-order valence-electron chi connectivity index (χ3n) is 15.0. The summed E-state index contributed by atoms with van der Waals surface area (Å²) in [5.41, 5.74) is 0. The molecule has 9 nitrogen and oxygen atoms in total. The SMILES string of the molecule is CC/C=C\C/C=C\C/C=C\C/C=C\C/C=C\C/C=C\CCC(=O)OC(/C=C\CCCCCCCCCCCC)C(COP(=O)([O-])OCC[N+](C)(C)C)NC(=O)CCCCCCCCCCCCCCCCCCC/C=C\C/C=C\CCCCC. The highest BCUT2D eigenvalue weighted by atomic mass is 31.2. The molecular weight excluding hydrogens is 1060 g/mol. The zero-order valence-electron chi connectivity index (χ0n) is 55.3. The molecule has 0 saturated heterocycles. The molecule has 0 saturated carbocycles. The van der Waals surface area contributed by atoms with E-state index in [0.717, 1.165) is 89.9 Å². The first-order valence-electron chi connectivity index (χ1n) is 34.7. The van der Waals surface area contributed by atoms with Gasteiger partial charge in [-0.2, -0.15) is 0 Å². The van der Waals surface area contributed by atoms with Gasteiger partial charge in [0.2, 0.25) is 5.91 Å². The second kappa shape index (κ2) is 62.7. The fourth-order valence-corrected chi connectivity index (χ4v) is 10.4. The van der Waals surface area contributed by atoms with Crippen LogP contribution in [0.4, 0.5) is 0 Å². The van der Waals surface area contributed by atoms with E-state index in [1.807, 2.05) is 39.4 Å². The Morgan fingerprint density at radius 2 is 0.774 bits per heavy atom. The Morgan fingerprint density at radius 3 is 1.19 bits per heavy atom. The van der Waals surface area contributed by atoms with Gasteiger partial charge >= 0.3 is 5.97 Å². The van der Waals surface area contributed by atoms with Crippen molar-refractivity contribution in [1.82, 2.24) is 5.32 Å². The standard InChI is InChI=1S/C74H131N2O7P/c1-7-10-13-16-19-22-25-28-30-32-34-35-36-37-38-39-40-41-43-44-46-48-51-54-57-60-63-66-73(77)75-71(70-82-84(79,80)81-69-68-76(4,5)6)72(65-62-59-56-53-50-27-24-21-18-15-12-9-3)83-74(78)67-64-61-58-55-52-49-47-45-42-33-31-29-26-23-20-17-14-11-8-2/h11,14,19-20,22-23,28-31,42,45,49,52,58,61-62,65,71-72H,7-10,12-13,15-18,21,24-27,32-41,43-44,46-48,50-51,53-57,59-60,63-64,66-70H2,1-6H3,(H-,75,77,79,80)/b14-11-,22-19-,23-20-,30-28-,31-29-,45-42-,52-49-,61-58-,65-62-. The molecule has 0 radical (unpaired) electrons. The number of amides is 1. The molecule has 1 N–H and O–H groups in total. The Hall–Kier alpha value is -3.33. The fraction of sp³-hybridized carbons (Fsp3) is 0.730. The molecule has 0 aromatic heterocycles. The van der Waals surface area contributed by atoms with Gasteiger partial charge in [0.15, 0.2) is 0 Å². The van der Waals surface area contributed by atoms with Gasteiger partial charge in [-0.3, -0.25) is 14.2 Å². The second-order valence-corrected chi connectivity index (χ2v) is 25.7. The molecule has 0 aliphatic heterocycles. The highest BCUT2D eigenvalue weighted by Gasteiger charge is 2.27. The van der Waals surface area contributed by atoms with Crippen molar-refractivity contribution >= 4 is 19.7 Å². The highest BCUT2D eigenvalue weighted by molar-refractivity contribution is 7.45. The summed E-state index contributed by atoms with van der Waals surface area (Å²) in [5.74, 6) is -0.637. The number of ether oxygens (including phenoxy) is 1. The molecule has 0 fully saturated rings. The maximum atomic E-state index is 13.6. The van der Waals surface area contributed by atoms with Crippen LogP contribution in [0.25, 0.3) is 0 Å². The van der Waals surface area contributed by atoms with Gasteiger partial charge in [0.05, 0.1) is 33.8 Å². The lowest BCUT2D eigenvalue weighted by atomic mass is 10.0. The number of hydrogen-bond donors (Lipinski definition) is 1. The smallest absolute Gasteiger partial charge is 0.306 e. The number of unbranched alkanes of at least 4 members (excludes halogenated alkanes) is 30. The lowest BCUT2D eigenvalue weighted by molar-refractivity contribution is -0.870. The Kier molecular flexibility index (Phi) is 60.2. The molecule has 10 heteroatoms. The number of carbonyl (C=O) groups excluding carboxylic acids is 2. The minimum atomic E-state index is -4.72. The van der Waals surface area contributed by atoms with E-state index in [1.54, 1.807) is 0 Å². The van der Waals surface area contributed by atoms with Crippen molar-refractivity contribution in [2.75, 3.05) is 40.9 Å². The number of quaternary nitrogens is 1. The molecule has 0 aromatic rings. The summed E-state index contributed by atoms with van der Waals surface area (Å²) < 4.78 is 30.3. The van der Waals surface area contributed by atoms with E-state index in [2.05, 4.69) is 117 Å². The van der Waals surface area contributed by atoms with E-state index in [0.29, 0.717) is 23.9 Å². The average Bonchev–Trinajstić information content (AvgIpc) is 3.65. The number of nitrogens with zero attached hydrogens (tertiary/aromatic N) is 1. The van der Waals surface area contributed by atoms with Crippen LogP contribution in [0.15, 0.2) is 109 Å². The van der Waals surface area contributed by atoms with Crippen LogP contribution in [0.1, 0.15) is 297 Å². The second-order valence-electron chi connectivity index (χ2n) is 24.3. The predicted molar refractivity (Wildman–Crippen MR) is 362 cm³/mol. The number of carbonyl (C=O) groups is 2. The summed E-state index contributed by atoms with van der Waals surface area (Å²) in [5, 5.41) is 3.02. The molecule has 1 amide bonds. The Morgan fingerprint density at radius 1 is 0.429 bits per heavy atom. The summed E-state index contributed by atoms with van der Waals surface area (Å²) in [6.45, 7) is 6.67. The molecule has 0 rings (SSSR count). The van der Waals surface area contributed by atoms with Crippen LogP contribution < -0.4 is 10.2 Å². The normalized spacial score (nSPS) is 14.2. The molecule has 0 heterocycles. The third-order valence-corrected chi connectivity index (χ3v) is 15.9. The number of rotatable bonds is 62. The first kappa shape index (κ1) is 80.7. The first-order chi connectivity index (χ1) is 40.9. The minimum Gasteiger partial charge on any atom is -0.756 e. The van der Waals surface area contributed by atoms with E-state index in [-0.39, 0.29) is 18.9 Å². The quantitative estimate of drug-likeness (QED) is 0.0212. The topological polar surface area (TPSA) is 114 Å². The minimum absolute atomic E-state index is 0.0373. The van der Waals surface area contributed by atoms with Gasteiger partial charge in [-0.1, -0.05) is 291 Å². The van der Waals surface area contributed by atoms with Gasteiger partial charge in [-0.25, -0.2) is 0 Å². The summed E-state index contributed by atoms with van der Waals surface area (Å²) in [7, 11) is 1.14. The molecule has 0 aromatic carbocycles. The van der Waals surface area contributed by atoms with E-state index >= 15 is 0 Å². The molecule has 0 aliphatic carbocycles. The highest BCUT2D eigenvalue weighted by Crippen LogP contribution is 2.38. The number of phosphoric ester groups is 1. The summed E-state index contributed by atoms with van der Waals surface area (Å²) in [6.07, 6.45) is 86.6. The van der Waals surface area contributed by atoms with Crippen molar-refractivity contribution < 1.29 is 37.3 Å². The van der Waals surface area contributed by atoms with Gasteiger partial charge in [0.25, 0.3) is 7.82 Å². The van der Waals surface area contributed by atoms with Crippen LogP contribution in [0.2, 0.25) is 0 Å². The molecule has 484 valence electrons. The van der Waals surface area contributed by atoms with Crippen LogP contribution in [-0.4, -0.2) is 69.4 Å². The van der Waals surface area contributed by atoms with Crippen molar-refractivity contribution in [3.63, 3.8) is 0 Å². The lowest BCUT2D eigenvalue weighted by Crippen LogP contribution is -2.47. The van der Waals surface area contributed by atoms with Gasteiger partial charge in [-0.15, -0.1) is 0 Å². The summed E-state index contributed by atoms with van der Waals surface area (Å²) in [4.78, 5) is 40.1. The number of nitrogens with one attached hydrogen (secondary N) is 1. The zero-order chi connectivity index (χ0) is 61.4. The van der Waals surface area contributed by atoms with Crippen molar-refractivity contribution in [2.45, 2.75) is 309 Å². The molecule has 3 unspecified atom stereocenters. The number of hydrogen-bond acceptors (Lipinski definition) is 7. The van der Waals surface area contributed by atoms with Crippen LogP contribution in [-0.2, 0) is 27.9 Å². The van der Waals surface area contributed by atoms with Crippen molar-refractivity contribution in [2.24, 2.45) is 0 Å². The molecule has 84 heavy (non-hydrogen) atoms. The monoisotopic (exact) mass is 1190 g/mol. The van der Waals surface area contributed by atoms with Crippen LogP contribution in [0, 0.1) is 0 Å².